The summed E-state index contributed by atoms with van der Waals surface area (Å²) in [6.07, 6.45) is 3.62. The van der Waals surface area contributed by atoms with Gasteiger partial charge in [0.2, 0.25) is 0 Å². The number of para-hydroxylation sites is 1. The molecule has 4 heteroatoms. The number of nitrogens with one attached hydrogen (secondary N) is 1. The van der Waals surface area contributed by atoms with E-state index in [0.29, 0.717) is 13.2 Å². The number of aromatic nitrogens is 1. The molecule has 21 heavy (non-hydrogen) atoms. The third kappa shape index (κ3) is 3.95. The number of hydrogen-bond donors (Lipinski definition) is 1. The van der Waals surface area contributed by atoms with Gasteiger partial charge >= 0.3 is 0 Å². The molecule has 2 aromatic rings. The van der Waals surface area contributed by atoms with Crippen molar-refractivity contribution in [3.63, 3.8) is 0 Å². The Morgan fingerprint density at radius 3 is 2.62 bits per heavy atom. The molecule has 2 rings (SSSR count). The first-order valence-electron chi connectivity index (χ1n) is 7.18. The van der Waals surface area contributed by atoms with Crippen molar-refractivity contribution in [2.45, 2.75) is 26.4 Å². The summed E-state index contributed by atoms with van der Waals surface area (Å²) >= 11 is 0. The Labute approximate surface area is 126 Å². The highest BCUT2D eigenvalue weighted by Gasteiger charge is 2.11. The Morgan fingerprint density at radius 2 is 1.95 bits per heavy atom. The number of rotatable bonds is 7. The smallest absolute Gasteiger partial charge is 0.165 e. The van der Waals surface area contributed by atoms with Gasteiger partial charge in [0.25, 0.3) is 0 Å². The van der Waals surface area contributed by atoms with Crippen LogP contribution in [0, 0.1) is 0 Å². The summed E-state index contributed by atoms with van der Waals surface area (Å²) in [4.78, 5) is 4.04. The summed E-state index contributed by atoms with van der Waals surface area (Å²) in [5, 5.41) is 3.50. The van der Waals surface area contributed by atoms with Gasteiger partial charge < -0.3 is 14.8 Å². The van der Waals surface area contributed by atoms with Crippen LogP contribution < -0.4 is 14.8 Å². The zero-order chi connectivity index (χ0) is 15.1. The van der Waals surface area contributed by atoms with Crippen LogP contribution in [0.1, 0.15) is 31.0 Å². The van der Waals surface area contributed by atoms with E-state index in [-0.39, 0.29) is 6.04 Å². The first kappa shape index (κ1) is 15.3. The molecule has 0 aliphatic carbocycles. The Bertz CT molecular complexity index is 558. The predicted molar refractivity (Wildman–Crippen MR) is 83.7 cm³/mol. The lowest BCUT2D eigenvalue weighted by Crippen LogP contribution is -2.18. The summed E-state index contributed by atoms with van der Waals surface area (Å²) in [5.41, 5.74) is 2.30. The fourth-order valence-electron chi connectivity index (χ4n) is 2.23. The number of pyridine rings is 1. The van der Waals surface area contributed by atoms with Crippen molar-refractivity contribution in [3.8, 4) is 11.5 Å². The van der Waals surface area contributed by atoms with E-state index in [2.05, 4.69) is 17.2 Å². The maximum absolute atomic E-state index is 5.60. The molecule has 0 saturated carbocycles. The number of benzene rings is 1. The van der Waals surface area contributed by atoms with Crippen LogP contribution in [-0.2, 0) is 6.54 Å². The maximum atomic E-state index is 5.60. The fraction of sp³-hybridized carbons (Fsp3) is 0.353. The predicted octanol–water partition coefficient (Wildman–Crippen LogP) is 3.34. The summed E-state index contributed by atoms with van der Waals surface area (Å²) in [6, 6.07) is 10.2. The highest BCUT2D eigenvalue weighted by molar-refractivity contribution is 5.46. The summed E-state index contributed by atoms with van der Waals surface area (Å²) < 4.78 is 11.1. The topological polar surface area (TPSA) is 43.4 Å². The van der Waals surface area contributed by atoms with E-state index < -0.39 is 0 Å². The van der Waals surface area contributed by atoms with E-state index in [9.17, 15) is 0 Å². The number of hydrogen-bond acceptors (Lipinski definition) is 4. The lowest BCUT2D eigenvalue weighted by Gasteiger charge is -2.17. The van der Waals surface area contributed by atoms with Crippen LogP contribution in [0.5, 0.6) is 11.5 Å². The van der Waals surface area contributed by atoms with Gasteiger partial charge in [-0.05, 0) is 37.6 Å². The van der Waals surface area contributed by atoms with Gasteiger partial charge in [-0.25, -0.2) is 0 Å². The Kier molecular flexibility index (Phi) is 5.58. The minimum Gasteiger partial charge on any atom is -0.493 e. The van der Waals surface area contributed by atoms with Crippen LogP contribution in [0.4, 0.5) is 0 Å². The van der Waals surface area contributed by atoms with Crippen LogP contribution in [0.3, 0.4) is 0 Å². The lowest BCUT2D eigenvalue weighted by molar-refractivity contribution is 0.308. The monoisotopic (exact) mass is 286 g/mol. The Morgan fingerprint density at radius 1 is 1.19 bits per heavy atom. The second-order valence-electron chi connectivity index (χ2n) is 4.76. The van der Waals surface area contributed by atoms with Gasteiger partial charge in [0.05, 0.1) is 13.7 Å². The first-order chi connectivity index (χ1) is 10.3. The zero-order valence-corrected chi connectivity index (χ0v) is 12.8. The number of nitrogens with zero attached hydrogens (tertiary/aromatic N) is 1. The second-order valence-corrected chi connectivity index (χ2v) is 4.76. The van der Waals surface area contributed by atoms with E-state index in [0.717, 1.165) is 17.1 Å². The normalized spacial score (nSPS) is 12.0. The molecule has 0 fully saturated rings. The summed E-state index contributed by atoms with van der Waals surface area (Å²) in [6.45, 7) is 5.44. The van der Waals surface area contributed by atoms with Crippen molar-refractivity contribution in [1.82, 2.24) is 10.3 Å². The van der Waals surface area contributed by atoms with Crippen LogP contribution in [0.15, 0.2) is 42.7 Å². The molecule has 0 aliphatic rings. The van der Waals surface area contributed by atoms with Crippen LogP contribution >= 0.6 is 0 Å². The third-order valence-corrected chi connectivity index (χ3v) is 3.37. The lowest BCUT2D eigenvalue weighted by atomic mass is 10.1. The molecule has 0 saturated heterocycles. The highest BCUT2D eigenvalue weighted by atomic mass is 16.5. The number of methoxy groups -OCH3 is 1. The quantitative estimate of drug-likeness (QED) is 0.847. The molecule has 1 unspecified atom stereocenters. The van der Waals surface area contributed by atoms with Gasteiger partial charge in [-0.2, -0.15) is 0 Å². The molecule has 1 atom stereocenters. The Hall–Kier alpha value is -2.07. The van der Waals surface area contributed by atoms with Crippen LogP contribution in [0.25, 0.3) is 0 Å². The van der Waals surface area contributed by atoms with E-state index in [4.69, 9.17) is 9.47 Å². The molecule has 0 aliphatic heterocycles. The summed E-state index contributed by atoms with van der Waals surface area (Å²) in [7, 11) is 1.67. The molecule has 0 spiro atoms. The van der Waals surface area contributed by atoms with Crippen molar-refractivity contribution in [1.29, 1.82) is 0 Å². The molecule has 1 aromatic carbocycles. The van der Waals surface area contributed by atoms with Gasteiger partial charge in [0.15, 0.2) is 11.5 Å². The van der Waals surface area contributed by atoms with E-state index in [1.54, 1.807) is 7.11 Å². The fourth-order valence-corrected chi connectivity index (χ4v) is 2.23. The molecule has 1 aromatic heterocycles. The molecular formula is C17H22N2O2. The van der Waals surface area contributed by atoms with Crippen LogP contribution in [0.2, 0.25) is 0 Å². The maximum Gasteiger partial charge on any atom is 0.165 e. The SMILES string of the molecule is CCOc1cccc(CNC(C)c2ccncc2)c1OC. The van der Waals surface area contributed by atoms with Crippen molar-refractivity contribution >= 4 is 0 Å². The molecule has 0 amide bonds. The zero-order valence-electron chi connectivity index (χ0n) is 12.8. The van der Waals surface area contributed by atoms with Gasteiger partial charge in [0, 0.05) is 30.5 Å². The molecular weight excluding hydrogens is 264 g/mol. The second kappa shape index (κ2) is 7.64. The molecule has 0 bridgehead atoms. The summed E-state index contributed by atoms with van der Waals surface area (Å²) in [5.74, 6) is 1.59. The van der Waals surface area contributed by atoms with Gasteiger partial charge in [0.1, 0.15) is 0 Å². The van der Waals surface area contributed by atoms with Gasteiger partial charge in [-0.1, -0.05) is 12.1 Å². The van der Waals surface area contributed by atoms with Crippen LogP contribution in [-0.4, -0.2) is 18.7 Å². The van der Waals surface area contributed by atoms with Crippen molar-refractivity contribution in [2.75, 3.05) is 13.7 Å². The minimum atomic E-state index is 0.244. The van der Waals surface area contributed by atoms with E-state index in [1.165, 1.54) is 5.56 Å². The van der Waals surface area contributed by atoms with E-state index in [1.807, 2.05) is 49.6 Å². The molecule has 1 heterocycles. The third-order valence-electron chi connectivity index (χ3n) is 3.37. The van der Waals surface area contributed by atoms with Gasteiger partial charge in [-0.3, -0.25) is 4.98 Å². The average Bonchev–Trinajstić information content (AvgIpc) is 2.54. The first-order valence-corrected chi connectivity index (χ1v) is 7.18. The molecule has 4 nitrogen and oxygen atoms in total. The van der Waals surface area contributed by atoms with Crippen molar-refractivity contribution in [2.24, 2.45) is 0 Å². The molecule has 112 valence electrons. The standard InChI is InChI=1S/C17H22N2O2/c1-4-21-16-7-5-6-15(17(16)20-3)12-19-13(2)14-8-10-18-11-9-14/h5-11,13,19H,4,12H2,1-3H3. The minimum absolute atomic E-state index is 0.244. The number of ether oxygens (including phenoxy) is 2. The van der Waals surface area contributed by atoms with Crippen molar-refractivity contribution in [3.05, 3.63) is 53.9 Å². The largest absolute Gasteiger partial charge is 0.493 e. The molecule has 1 N–H and O–H groups in total. The van der Waals surface area contributed by atoms with Crippen molar-refractivity contribution < 1.29 is 9.47 Å². The average molecular weight is 286 g/mol. The Balaban J connectivity index is 2.07. The van der Waals surface area contributed by atoms with Gasteiger partial charge in [-0.15, -0.1) is 0 Å². The highest BCUT2D eigenvalue weighted by Crippen LogP contribution is 2.31. The molecule has 0 radical (unpaired) electrons. The van der Waals surface area contributed by atoms with E-state index >= 15 is 0 Å².